The quantitative estimate of drug-likeness (QED) is 0.878. The molecule has 1 amide bonds. The molecule has 5 heteroatoms. The van der Waals surface area contributed by atoms with E-state index in [-0.39, 0.29) is 17.6 Å². The summed E-state index contributed by atoms with van der Waals surface area (Å²) in [6.07, 6.45) is 1.65. The average molecular weight is 266 g/mol. The highest BCUT2D eigenvalue weighted by Gasteiger charge is 2.21. The second-order valence-electron chi connectivity index (χ2n) is 4.59. The van der Waals surface area contributed by atoms with Gasteiger partial charge in [0.05, 0.1) is 6.61 Å². The molecule has 1 heterocycles. The molecule has 0 unspecified atom stereocenters. The fraction of sp³-hybridized carbons (Fsp3) is 0.500. The van der Waals surface area contributed by atoms with Gasteiger partial charge in [-0.3, -0.25) is 4.79 Å². The van der Waals surface area contributed by atoms with Gasteiger partial charge in [-0.05, 0) is 45.0 Å². The van der Waals surface area contributed by atoms with Gasteiger partial charge >= 0.3 is 0 Å². The van der Waals surface area contributed by atoms with E-state index < -0.39 is 5.82 Å². The van der Waals surface area contributed by atoms with E-state index in [2.05, 4.69) is 10.6 Å². The Balaban J connectivity index is 1.98. The van der Waals surface area contributed by atoms with Crippen molar-refractivity contribution in [2.75, 3.05) is 25.0 Å². The van der Waals surface area contributed by atoms with Crippen LogP contribution < -0.4 is 15.4 Å². The molecule has 0 aromatic heterocycles. The second-order valence-corrected chi connectivity index (χ2v) is 4.59. The van der Waals surface area contributed by atoms with E-state index in [1.807, 2.05) is 0 Å². The van der Waals surface area contributed by atoms with Gasteiger partial charge in [0, 0.05) is 17.7 Å². The molecule has 0 aliphatic carbocycles. The van der Waals surface area contributed by atoms with Crippen molar-refractivity contribution in [3.8, 4) is 5.75 Å². The summed E-state index contributed by atoms with van der Waals surface area (Å²) in [6, 6.07) is 4.49. The lowest BCUT2D eigenvalue weighted by Gasteiger charge is -2.21. The molecule has 4 nitrogen and oxygen atoms in total. The molecule has 2 rings (SSSR count). The summed E-state index contributed by atoms with van der Waals surface area (Å²) < 4.78 is 18.8. The molecule has 104 valence electrons. The van der Waals surface area contributed by atoms with Crippen molar-refractivity contribution in [1.29, 1.82) is 0 Å². The SMILES string of the molecule is CCOc1ccc(NC(=O)C2CCNCC2)cc1F. The second kappa shape index (κ2) is 6.52. The number of amides is 1. The molecule has 1 aliphatic heterocycles. The van der Waals surface area contributed by atoms with Crippen LogP contribution in [0.4, 0.5) is 10.1 Å². The van der Waals surface area contributed by atoms with Crippen LogP contribution in [-0.4, -0.2) is 25.6 Å². The van der Waals surface area contributed by atoms with Crippen molar-refractivity contribution in [2.24, 2.45) is 5.92 Å². The molecular weight excluding hydrogens is 247 g/mol. The molecule has 0 radical (unpaired) electrons. The standard InChI is InChI=1S/C14H19FN2O2/c1-2-19-13-4-3-11(9-12(13)15)17-14(18)10-5-7-16-8-6-10/h3-4,9-10,16H,2,5-8H2,1H3,(H,17,18). The molecule has 0 bridgehead atoms. The summed E-state index contributed by atoms with van der Waals surface area (Å²) in [6.45, 7) is 3.93. The Morgan fingerprint density at radius 1 is 1.47 bits per heavy atom. The first-order chi connectivity index (χ1) is 9.20. The van der Waals surface area contributed by atoms with E-state index in [4.69, 9.17) is 4.74 Å². The predicted octanol–water partition coefficient (Wildman–Crippen LogP) is 2.16. The monoisotopic (exact) mass is 266 g/mol. The van der Waals surface area contributed by atoms with E-state index in [1.165, 1.54) is 12.1 Å². The number of hydrogen-bond donors (Lipinski definition) is 2. The summed E-state index contributed by atoms with van der Waals surface area (Å²) in [5, 5.41) is 5.97. The van der Waals surface area contributed by atoms with Gasteiger partial charge in [0.2, 0.25) is 5.91 Å². The topological polar surface area (TPSA) is 50.4 Å². The Hall–Kier alpha value is -1.62. The zero-order valence-electron chi connectivity index (χ0n) is 11.0. The molecular formula is C14H19FN2O2. The highest BCUT2D eigenvalue weighted by Crippen LogP contribution is 2.22. The molecule has 0 saturated carbocycles. The molecule has 1 fully saturated rings. The lowest BCUT2D eigenvalue weighted by atomic mass is 9.97. The van der Waals surface area contributed by atoms with Crippen LogP contribution in [0.15, 0.2) is 18.2 Å². The number of hydrogen-bond acceptors (Lipinski definition) is 3. The van der Waals surface area contributed by atoms with Crippen LogP contribution in [0.1, 0.15) is 19.8 Å². The van der Waals surface area contributed by atoms with Crippen LogP contribution >= 0.6 is 0 Å². The first-order valence-corrected chi connectivity index (χ1v) is 6.64. The van der Waals surface area contributed by atoms with Crippen molar-refractivity contribution in [3.63, 3.8) is 0 Å². The molecule has 2 N–H and O–H groups in total. The Morgan fingerprint density at radius 2 is 2.21 bits per heavy atom. The highest BCUT2D eigenvalue weighted by atomic mass is 19.1. The Labute approximate surface area is 112 Å². The summed E-state index contributed by atoms with van der Waals surface area (Å²) in [4.78, 5) is 12.0. The minimum Gasteiger partial charge on any atom is -0.491 e. The fourth-order valence-electron chi connectivity index (χ4n) is 2.18. The van der Waals surface area contributed by atoms with Gasteiger partial charge in [-0.1, -0.05) is 0 Å². The zero-order chi connectivity index (χ0) is 13.7. The first kappa shape index (κ1) is 13.8. The number of carbonyl (C=O) groups excluding carboxylic acids is 1. The number of benzene rings is 1. The Bertz CT molecular complexity index is 445. The predicted molar refractivity (Wildman–Crippen MR) is 71.8 cm³/mol. The third-order valence-electron chi connectivity index (χ3n) is 3.21. The fourth-order valence-corrected chi connectivity index (χ4v) is 2.18. The van der Waals surface area contributed by atoms with Gasteiger partial charge in [-0.15, -0.1) is 0 Å². The smallest absolute Gasteiger partial charge is 0.227 e. The lowest BCUT2D eigenvalue weighted by Crippen LogP contribution is -2.34. The summed E-state index contributed by atoms with van der Waals surface area (Å²) in [5.41, 5.74) is 0.476. The van der Waals surface area contributed by atoms with Crippen LogP contribution in [0.5, 0.6) is 5.75 Å². The van der Waals surface area contributed by atoms with Gasteiger partial charge < -0.3 is 15.4 Å². The van der Waals surface area contributed by atoms with Gasteiger partial charge in [0.1, 0.15) is 0 Å². The van der Waals surface area contributed by atoms with Crippen LogP contribution in [0.25, 0.3) is 0 Å². The van der Waals surface area contributed by atoms with E-state index >= 15 is 0 Å². The number of anilines is 1. The zero-order valence-corrected chi connectivity index (χ0v) is 11.0. The van der Waals surface area contributed by atoms with Crippen LogP contribution in [0.2, 0.25) is 0 Å². The van der Waals surface area contributed by atoms with Crippen LogP contribution in [0.3, 0.4) is 0 Å². The van der Waals surface area contributed by atoms with Gasteiger partial charge in [-0.2, -0.15) is 0 Å². The van der Waals surface area contributed by atoms with Crippen molar-refractivity contribution in [3.05, 3.63) is 24.0 Å². The number of rotatable bonds is 4. The number of halogens is 1. The molecule has 1 saturated heterocycles. The largest absolute Gasteiger partial charge is 0.491 e. The van der Waals surface area contributed by atoms with Crippen molar-refractivity contribution >= 4 is 11.6 Å². The van der Waals surface area contributed by atoms with Crippen LogP contribution in [0, 0.1) is 11.7 Å². The lowest BCUT2D eigenvalue weighted by molar-refractivity contribution is -0.120. The summed E-state index contributed by atoms with van der Waals surface area (Å²) >= 11 is 0. The maximum Gasteiger partial charge on any atom is 0.227 e. The third-order valence-corrected chi connectivity index (χ3v) is 3.21. The van der Waals surface area contributed by atoms with Crippen molar-refractivity contribution in [1.82, 2.24) is 5.32 Å². The number of piperidine rings is 1. The number of nitrogens with one attached hydrogen (secondary N) is 2. The molecule has 19 heavy (non-hydrogen) atoms. The van der Waals surface area contributed by atoms with Crippen molar-refractivity contribution in [2.45, 2.75) is 19.8 Å². The van der Waals surface area contributed by atoms with E-state index in [0.717, 1.165) is 25.9 Å². The summed E-state index contributed by atoms with van der Waals surface area (Å²) in [7, 11) is 0. The Morgan fingerprint density at radius 3 is 2.84 bits per heavy atom. The minimum atomic E-state index is -0.454. The van der Waals surface area contributed by atoms with Crippen LogP contribution in [-0.2, 0) is 4.79 Å². The van der Waals surface area contributed by atoms with E-state index in [0.29, 0.717) is 12.3 Å². The highest BCUT2D eigenvalue weighted by molar-refractivity contribution is 5.92. The minimum absolute atomic E-state index is 0.0101. The molecule has 0 atom stereocenters. The molecule has 0 spiro atoms. The number of ether oxygens (including phenoxy) is 1. The number of carbonyl (C=O) groups is 1. The van der Waals surface area contributed by atoms with E-state index in [1.54, 1.807) is 13.0 Å². The molecule has 1 aromatic carbocycles. The van der Waals surface area contributed by atoms with Crippen molar-refractivity contribution < 1.29 is 13.9 Å². The normalized spacial score (nSPS) is 16.1. The Kier molecular flexibility index (Phi) is 4.74. The van der Waals surface area contributed by atoms with Gasteiger partial charge in [0.25, 0.3) is 0 Å². The maximum atomic E-state index is 13.6. The summed E-state index contributed by atoms with van der Waals surface area (Å²) in [5.74, 6) is -0.270. The van der Waals surface area contributed by atoms with Gasteiger partial charge in [0.15, 0.2) is 11.6 Å². The average Bonchev–Trinajstić information content (AvgIpc) is 2.43. The molecule has 1 aromatic rings. The third kappa shape index (κ3) is 3.67. The molecule has 1 aliphatic rings. The van der Waals surface area contributed by atoms with Gasteiger partial charge in [-0.25, -0.2) is 4.39 Å². The maximum absolute atomic E-state index is 13.6. The first-order valence-electron chi connectivity index (χ1n) is 6.64. The van der Waals surface area contributed by atoms with E-state index in [9.17, 15) is 9.18 Å².